The molecule has 1 aromatic heterocycles. The normalized spacial score (nSPS) is 15.3. The minimum atomic E-state index is -0.227. The maximum absolute atomic E-state index is 12.1. The van der Waals surface area contributed by atoms with E-state index in [2.05, 4.69) is 10.5 Å². The van der Waals surface area contributed by atoms with Gasteiger partial charge in [0.2, 0.25) is 0 Å². The van der Waals surface area contributed by atoms with E-state index in [0.29, 0.717) is 11.3 Å². The number of aromatic nitrogens is 1. The fourth-order valence-corrected chi connectivity index (χ4v) is 2.63. The molecule has 6 heteroatoms. The molecule has 5 nitrogen and oxygen atoms in total. The van der Waals surface area contributed by atoms with E-state index in [1.807, 2.05) is 0 Å². The van der Waals surface area contributed by atoms with E-state index in [1.54, 1.807) is 18.2 Å². The highest BCUT2D eigenvalue weighted by Gasteiger charge is 2.20. The van der Waals surface area contributed by atoms with Crippen LogP contribution in [-0.2, 0) is 0 Å². The Bertz CT molecular complexity index is 663. The highest BCUT2D eigenvalue weighted by Crippen LogP contribution is 2.29. The second-order valence-corrected chi connectivity index (χ2v) is 5.60. The molecule has 1 aliphatic rings. The summed E-state index contributed by atoms with van der Waals surface area (Å²) in [6.45, 7) is 0. The van der Waals surface area contributed by atoms with Gasteiger partial charge in [0.1, 0.15) is 5.75 Å². The van der Waals surface area contributed by atoms with Crippen LogP contribution in [0.1, 0.15) is 36.2 Å². The van der Waals surface area contributed by atoms with Crippen molar-refractivity contribution >= 4 is 17.5 Å². The molecular weight excluding hydrogens is 292 g/mol. The Balaban J connectivity index is 1.75. The van der Waals surface area contributed by atoms with Gasteiger partial charge < -0.3 is 14.9 Å². The Labute approximate surface area is 126 Å². The fourth-order valence-electron chi connectivity index (χ4n) is 2.51. The summed E-state index contributed by atoms with van der Waals surface area (Å²) >= 11 is 5.76. The number of nitrogens with zero attached hydrogens (tertiary/aromatic N) is 1. The minimum absolute atomic E-state index is 0.0393. The van der Waals surface area contributed by atoms with Gasteiger partial charge in [-0.05, 0) is 31.0 Å². The minimum Gasteiger partial charge on any atom is -0.506 e. The number of hydrogen-bond donors (Lipinski definition) is 2. The molecule has 1 heterocycles. The summed E-state index contributed by atoms with van der Waals surface area (Å²) in [6.07, 6.45) is 4.33. The van der Waals surface area contributed by atoms with Gasteiger partial charge in [-0.2, -0.15) is 0 Å². The summed E-state index contributed by atoms with van der Waals surface area (Å²) in [6, 6.07) is 6.53. The maximum Gasteiger partial charge on any atom is 0.273 e. The van der Waals surface area contributed by atoms with E-state index < -0.39 is 0 Å². The van der Waals surface area contributed by atoms with Crippen molar-refractivity contribution in [1.29, 1.82) is 0 Å². The molecule has 1 aromatic carbocycles. The van der Waals surface area contributed by atoms with Gasteiger partial charge in [0, 0.05) is 17.7 Å². The predicted octanol–water partition coefficient (Wildman–Crippen LogP) is 3.37. The van der Waals surface area contributed by atoms with Crippen LogP contribution in [0.3, 0.4) is 0 Å². The molecule has 1 fully saturated rings. The zero-order valence-corrected chi connectivity index (χ0v) is 12.1. The van der Waals surface area contributed by atoms with Crippen molar-refractivity contribution in [3.8, 4) is 17.1 Å². The smallest absolute Gasteiger partial charge is 0.273 e. The lowest BCUT2D eigenvalue weighted by Gasteiger charge is -2.09. The first-order chi connectivity index (χ1) is 10.1. The van der Waals surface area contributed by atoms with Crippen LogP contribution in [0.25, 0.3) is 11.3 Å². The van der Waals surface area contributed by atoms with E-state index in [1.165, 1.54) is 6.07 Å². The maximum atomic E-state index is 12.1. The second kappa shape index (κ2) is 5.77. The lowest BCUT2D eigenvalue weighted by atomic mass is 10.1. The molecule has 1 amide bonds. The molecule has 110 valence electrons. The summed E-state index contributed by atoms with van der Waals surface area (Å²) in [7, 11) is 0. The van der Waals surface area contributed by atoms with Crippen LogP contribution in [0.2, 0.25) is 5.02 Å². The monoisotopic (exact) mass is 306 g/mol. The highest BCUT2D eigenvalue weighted by atomic mass is 35.5. The van der Waals surface area contributed by atoms with Crippen LogP contribution in [0.15, 0.2) is 28.8 Å². The van der Waals surface area contributed by atoms with Gasteiger partial charge in [0.05, 0.1) is 5.02 Å². The largest absolute Gasteiger partial charge is 0.506 e. The highest BCUT2D eigenvalue weighted by molar-refractivity contribution is 6.32. The standard InChI is InChI=1S/C15H15ClN2O3/c16-11-6-5-9(7-13(11)19)14-8-12(18-21-14)15(20)17-10-3-1-2-4-10/h5-8,10,19H,1-4H2,(H,17,20). The molecule has 0 radical (unpaired) electrons. The quantitative estimate of drug-likeness (QED) is 0.911. The number of rotatable bonds is 3. The third-order valence-electron chi connectivity index (χ3n) is 3.66. The molecule has 21 heavy (non-hydrogen) atoms. The Morgan fingerprint density at radius 3 is 2.81 bits per heavy atom. The average molecular weight is 307 g/mol. The number of phenolic OH excluding ortho intramolecular Hbond substituents is 1. The van der Waals surface area contributed by atoms with E-state index in [-0.39, 0.29) is 28.4 Å². The fraction of sp³-hybridized carbons (Fsp3) is 0.333. The van der Waals surface area contributed by atoms with Crippen LogP contribution in [0, 0.1) is 0 Å². The Morgan fingerprint density at radius 2 is 2.10 bits per heavy atom. The third-order valence-corrected chi connectivity index (χ3v) is 3.98. The molecule has 0 unspecified atom stereocenters. The van der Waals surface area contributed by atoms with Gasteiger partial charge in [0.25, 0.3) is 5.91 Å². The van der Waals surface area contributed by atoms with Crippen LogP contribution >= 0.6 is 11.6 Å². The summed E-state index contributed by atoms with van der Waals surface area (Å²) in [5.74, 6) is 0.149. The van der Waals surface area contributed by atoms with Crippen molar-refractivity contribution in [2.45, 2.75) is 31.7 Å². The second-order valence-electron chi connectivity index (χ2n) is 5.20. The number of benzene rings is 1. The van der Waals surface area contributed by atoms with E-state index in [0.717, 1.165) is 25.7 Å². The number of aromatic hydroxyl groups is 1. The molecule has 0 saturated heterocycles. The average Bonchev–Trinajstić information content (AvgIpc) is 3.12. The lowest BCUT2D eigenvalue weighted by Crippen LogP contribution is -2.32. The SMILES string of the molecule is O=C(NC1CCCC1)c1cc(-c2ccc(Cl)c(O)c2)on1. The Kier molecular flexibility index (Phi) is 3.84. The van der Waals surface area contributed by atoms with Crippen molar-refractivity contribution in [2.75, 3.05) is 0 Å². The van der Waals surface area contributed by atoms with E-state index >= 15 is 0 Å². The molecule has 1 saturated carbocycles. The van der Waals surface area contributed by atoms with Crippen molar-refractivity contribution in [3.63, 3.8) is 0 Å². The Morgan fingerprint density at radius 1 is 1.33 bits per heavy atom. The topological polar surface area (TPSA) is 75.4 Å². The summed E-state index contributed by atoms with van der Waals surface area (Å²) in [5.41, 5.74) is 0.857. The molecular formula is C15H15ClN2O3. The Hall–Kier alpha value is -2.01. The number of phenols is 1. The molecule has 3 rings (SSSR count). The van der Waals surface area contributed by atoms with E-state index in [9.17, 15) is 9.90 Å². The summed E-state index contributed by atoms with van der Waals surface area (Å²) in [5, 5.41) is 16.6. The van der Waals surface area contributed by atoms with Gasteiger partial charge in [-0.3, -0.25) is 4.79 Å². The third kappa shape index (κ3) is 3.03. The number of amides is 1. The molecule has 0 bridgehead atoms. The predicted molar refractivity (Wildman–Crippen MR) is 78.3 cm³/mol. The van der Waals surface area contributed by atoms with Gasteiger partial charge in [-0.15, -0.1) is 0 Å². The number of nitrogens with one attached hydrogen (secondary N) is 1. The van der Waals surface area contributed by atoms with E-state index in [4.69, 9.17) is 16.1 Å². The number of carbonyl (C=O) groups is 1. The molecule has 1 aliphatic carbocycles. The van der Waals surface area contributed by atoms with Crippen molar-refractivity contribution < 1.29 is 14.4 Å². The summed E-state index contributed by atoms with van der Waals surface area (Å²) in [4.78, 5) is 12.1. The first kappa shape index (κ1) is 13.9. The first-order valence-electron chi connectivity index (χ1n) is 6.90. The van der Waals surface area contributed by atoms with Crippen LogP contribution < -0.4 is 5.32 Å². The van der Waals surface area contributed by atoms with Gasteiger partial charge in [0.15, 0.2) is 11.5 Å². The molecule has 2 aromatic rings. The molecule has 0 atom stereocenters. The van der Waals surface area contributed by atoms with Gasteiger partial charge in [-0.1, -0.05) is 29.6 Å². The summed E-state index contributed by atoms with van der Waals surface area (Å²) < 4.78 is 5.17. The number of carbonyl (C=O) groups excluding carboxylic acids is 1. The zero-order valence-electron chi connectivity index (χ0n) is 11.3. The zero-order chi connectivity index (χ0) is 14.8. The number of hydrogen-bond acceptors (Lipinski definition) is 4. The van der Waals surface area contributed by atoms with Gasteiger partial charge >= 0.3 is 0 Å². The molecule has 0 aliphatic heterocycles. The molecule has 0 spiro atoms. The van der Waals surface area contributed by atoms with Gasteiger partial charge in [-0.25, -0.2) is 0 Å². The first-order valence-corrected chi connectivity index (χ1v) is 7.28. The van der Waals surface area contributed by atoms with Crippen molar-refractivity contribution in [2.24, 2.45) is 0 Å². The lowest BCUT2D eigenvalue weighted by molar-refractivity contribution is 0.0929. The number of halogens is 1. The van der Waals surface area contributed by atoms with Crippen molar-refractivity contribution in [1.82, 2.24) is 10.5 Å². The van der Waals surface area contributed by atoms with Crippen molar-refractivity contribution in [3.05, 3.63) is 35.0 Å². The van der Waals surface area contributed by atoms with Crippen LogP contribution in [0.4, 0.5) is 0 Å². The van der Waals surface area contributed by atoms with Crippen LogP contribution in [-0.4, -0.2) is 22.2 Å². The molecule has 2 N–H and O–H groups in total. The van der Waals surface area contributed by atoms with Crippen LogP contribution in [0.5, 0.6) is 5.75 Å².